The summed E-state index contributed by atoms with van der Waals surface area (Å²) < 4.78 is 11.1. The second-order valence-corrected chi connectivity index (χ2v) is 7.81. The Balaban J connectivity index is 1.46. The van der Waals surface area contributed by atoms with E-state index in [4.69, 9.17) is 14.2 Å². The summed E-state index contributed by atoms with van der Waals surface area (Å²) in [6.07, 6.45) is 0.670. The van der Waals surface area contributed by atoms with Crippen molar-refractivity contribution in [3.05, 3.63) is 70.4 Å². The molecule has 0 atom stereocenters. The fraction of sp³-hybridized carbons (Fsp3) is 0.227. The van der Waals surface area contributed by atoms with E-state index in [2.05, 4.69) is 46.7 Å². The van der Waals surface area contributed by atoms with Crippen molar-refractivity contribution in [2.75, 3.05) is 0 Å². The van der Waals surface area contributed by atoms with E-state index in [0.29, 0.717) is 18.1 Å². The van der Waals surface area contributed by atoms with Gasteiger partial charge in [-0.1, -0.05) is 35.0 Å². The van der Waals surface area contributed by atoms with Gasteiger partial charge in [-0.2, -0.15) is 4.98 Å². The molecule has 0 aliphatic carbocycles. The van der Waals surface area contributed by atoms with Crippen molar-refractivity contribution in [1.82, 2.24) is 15.1 Å². The Labute approximate surface area is 168 Å². The van der Waals surface area contributed by atoms with E-state index in [1.54, 1.807) is 11.3 Å². The molecule has 0 amide bonds. The predicted molar refractivity (Wildman–Crippen MR) is 111 cm³/mol. The quantitative estimate of drug-likeness (QED) is 0.431. The van der Waals surface area contributed by atoms with E-state index in [1.165, 1.54) is 5.56 Å². The first-order valence-electron chi connectivity index (χ1n) is 9.18. The van der Waals surface area contributed by atoms with Gasteiger partial charge < -0.3 is 9.26 Å². The zero-order valence-electron chi connectivity index (χ0n) is 16.0. The van der Waals surface area contributed by atoms with Crippen molar-refractivity contribution in [1.29, 1.82) is 0 Å². The van der Waals surface area contributed by atoms with Crippen LogP contribution in [0.2, 0.25) is 0 Å². The van der Waals surface area contributed by atoms with E-state index >= 15 is 0 Å². The number of hydrogen-bond donors (Lipinski definition) is 0. The standard InChI is InChI=1S/C22H21N3O2S/c1-14(2)26-18-10-8-17(9-11-18)22-24-20(27-25-22)12-21-23-19(13-28-21)16-6-4-15(3)5-7-16/h4-11,13-14H,12H2,1-3H3. The van der Waals surface area contributed by atoms with Crippen LogP contribution in [0.5, 0.6) is 5.75 Å². The minimum Gasteiger partial charge on any atom is -0.491 e. The number of ether oxygens (including phenoxy) is 1. The van der Waals surface area contributed by atoms with Gasteiger partial charge in [0.1, 0.15) is 10.8 Å². The normalized spacial score (nSPS) is 11.1. The maximum Gasteiger partial charge on any atom is 0.233 e. The zero-order valence-corrected chi connectivity index (χ0v) is 16.9. The average molecular weight is 391 g/mol. The molecule has 0 aliphatic rings. The zero-order chi connectivity index (χ0) is 19.5. The lowest BCUT2D eigenvalue weighted by Gasteiger charge is -2.09. The molecule has 0 radical (unpaired) electrons. The van der Waals surface area contributed by atoms with E-state index in [1.807, 2.05) is 38.1 Å². The Bertz CT molecular complexity index is 1050. The average Bonchev–Trinajstić information content (AvgIpc) is 3.33. The summed E-state index contributed by atoms with van der Waals surface area (Å²) in [5.74, 6) is 1.96. The number of rotatable bonds is 6. The van der Waals surface area contributed by atoms with Crippen molar-refractivity contribution in [3.8, 4) is 28.4 Å². The third-order valence-electron chi connectivity index (χ3n) is 4.15. The highest BCUT2D eigenvalue weighted by Gasteiger charge is 2.12. The SMILES string of the molecule is Cc1ccc(-c2csc(Cc3nc(-c4ccc(OC(C)C)cc4)no3)n2)cc1. The fourth-order valence-corrected chi connectivity index (χ4v) is 3.57. The summed E-state index contributed by atoms with van der Waals surface area (Å²) in [6, 6.07) is 16.1. The van der Waals surface area contributed by atoms with Crippen molar-refractivity contribution in [3.63, 3.8) is 0 Å². The molecule has 0 fully saturated rings. The van der Waals surface area contributed by atoms with Gasteiger partial charge in [0.25, 0.3) is 0 Å². The van der Waals surface area contributed by atoms with Crippen LogP contribution >= 0.6 is 11.3 Å². The number of aromatic nitrogens is 3. The second-order valence-electron chi connectivity index (χ2n) is 6.87. The molecule has 0 saturated carbocycles. The summed E-state index contributed by atoms with van der Waals surface area (Å²) in [7, 11) is 0. The monoisotopic (exact) mass is 391 g/mol. The fourth-order valence-electron chi connectivity index (χ4n) is 2.78. The lowest BCUT2D eigenvalue weighted by Crippen LogP contribution is -2.05. The molecule has 28 heavy (non-hydrogen) atoms. The number of hydrogen-bond acceptors (Lipinski definition) is 6. The largest absolute Gasteiger partial charge is 0.491 e. The minimum atomic E-state index is 0.144. The van der Waals surface area contributed by atoms with Gasteiger partial charge in [0.15, 0.2) is 0 Å². The van der Waals surface area contributed by atoms with Crippen LogP contribution < -0.4 is 4.74 Å². The van der Waals surface area contributed by atoms with E-state index in [9.17, 15) is 0 Å². The molecular formula is C22H21N3O2S. The van der Waals surface area contributed by atoms with Gasteiger partial charge in [0, 0.05) is 16.5 Å². The van der Waals surface area contributed by atoms with E-state index < -0.39 is 0 Å². The van der Waals surface area contributed by atoms with Crippen LogP contribution in [-0.2, 0) is 6.42 Å². The van der Waals surface area contributed by atoms with Crippen LogP contribution in [0.15, 0.2) is 58.4 Å². The Morgan fingerprint density at radius 1 is 0.964 bits per heavy atom. The maximum absolute atomic E-state index is 5.66. The van der Waals surface area contributed by atoms with Crippen LogP contribution in [0.3, 0.4) is 0 Å². The molecule has 0 N–H and O–H groups in total. The van der Waals surface area contributed by atoms with E-state index in [-0.39, 0.29) is 6.10 Å². The first-order chi connectivity index (χ1) is 13.6. The third-order valence-corrected chi connectivity index (χ3v) is 5.00. The Morgan fingerprint density at radius 3 is 2.39 bits per heavy atom. The van der Waals surface area contributed by atoms with Gasteiger partial charge in [0.05, 0.1) is 18.2 Å². The number of benzene rings is 2. The highest BCUT2D eigenvalue weighted by atomic mass is 32.1. The van der Waals surface area contributed by atoms with Gasteiger partial charge in [-0.05, 0) is 45.0 Å². The van der Waals surface area contributed by atoms with Gasteiger partial charge in [-0.15, -0.1) is 11.3 Å². The van der Waals surface area contributed by atoms with Gasteiger partial charge in [-0.3, -0.25) is 0 Å². The number of thiazole rings is 1. The molecular weight excluding hydrogens is 370 g/mol. The van der Waals surface area contributed by atoms with Crippen molar-refractivity contribution in [2.45, 2.75) is 33.3 Å². The van der Waals surface area contributed by atoms with Gasteiger partial charge >= 0.3 is 0 Å². The molecule has 142 valence electrons. The maximum atomic E-state index is 5.66. The van der Waals surface area contributed by atoms with Crippen LogP contribution in [0.1, 0.15) is 30.3 Å². The highest BCUT2D eigenvalue weighted by Crippen LogP contribution is 2.25. The first-order valence-corrected chi connectivity index (χ1v) is 10.1. The second kappa shape index (κ2) is 7.94. The number of aryl methyl sites for hydroxylation is 1. The molecule has 0 aliphatic heterocycles. The Hall–Kier alpha value is -2.99. The molecule has 2 aromatic carbocycles. The summed E-state index contributed by atoms with van der Waals surface area (Å²) in [6.45, 7) is 6.08. The van der Waals surface area contributed by atoms with Crippen LogP contribution in [0.25, 0.3) is 22.6 Å². The highest BCUT2D eigenvalue weighted by molar-refractivity contribution is 7.10. The number of nitrogens with zero attached hydrogens (tertiary/aromatic N) is 3. The summed E-state index contributed by atoms with van der Waals surface area (Å²) in [4.78, 5) is 9.21. The third kappa shape index (κ3) is 4.28. The lowest BCUT2D eigenvalue weighted by molar-refractivity contribution is 0.242. The van der Waals surface area contributed by atoms with Crippen LogP contribution in [0.4, 0.5) is 0 Å². The predicted octanol–water partition coefficient (Wildman–Crippen LogP) is 5.55. The smallest absolute Gasteiger partial charge is 0.233 e. The summed E-state index contributed by atoms with van der Waals surface area (Å²) in [5.41, 5.74) is 4.22. The lowest BCUT2D eigenvalue weighted by atomic mass is 10.1. The molecule has 6 heteroatoms. The Morgan fingerprint density at radius 2 is 1.68 bits per heavy atom. The van der Waals surface area contributed by atoms with Gasteiger partial charge in [-0.25, -0.2) is 4.98 Å². The molecule has 0 unspecified atom stereocenters. The molecule has 4 rings (SSSR count). The summed E-state index contributed by atoms with van der Waals surface area (Å²) >= 11 is 1.60. The topological polar surface area (TPSA) is 61.0 Å². The molecule has 2 aromatic heterocycles. The van der Waals surface area contributed by atoms with Crippen LogP contribution in [0, 0.1) is 6.92 Å². The van der Waals surface area contributed by atoms with Crippen molar-refractivity contribution < 1.29 is 9.26 Å². The molecule has 5 nitrogen and oxygen atoms in total. The van der Waals surface area contributed by atoms with E-state index in [0.717, 1.165) is 27.6 Å². The van der Waals surface area contributed by atoms with Crippen molar-refractivity contribution in [2.24, 2.45) is 0 Å². The van der Waals surface area contributed by atoms with Gasteiger partial charge in [0.2, 0.25) is 11.7 Å². The first kappa shape index (κ1) is 18.4. The Kier molecular flexibility index (Phi) is 5.21. The van der Waals surface area contributed by atoms with Crippen molar-refractivity contribution >= 4 is 11.3 Å². The molecule has 0 saturated heterocycles. The molecule has 2 heterocycles. The molecule has 0 spiro atoms. The summed E-state index contributed by atoms with van der Waals surface area (Å²) in [5, 5.41) is 7.11. The van der Waals surface area contributed by atoms with Crippen LogP contribution in [-0.4, -0.2) is 21.2 Å². The minimum absolute atomic E-state index is 0.144. The molecule has 0 bridgehead atoms. The molecule has 4 aromatic rings.